The Morgan fingerprint density at radius 1 is 0.677 bits per heavy atom. The third-order valence-corrected chi connectivity index (χ3v) is 5.92. The summed E-state index contributed by atoms with van der Waals surface area (Å²) in [5.41, 5.74) is -1.04. The highest BCUT2D eigenvalue weighted by Crippen LogP contribution is 2.52. The lowest BCUT2D eigenvalue weighted by atomic mass is 9.54. The van der Waals surface area contributed by atoms with Gasteiger partial charge in [0.2, 0.25) is 17.7 Å². The molecule has 4 amide bonds. The number of hydrogen-bond acceptors (Lipinski definition) is 5. The molecule has 0 unspecified atom stereocenters. The molecular weight excluding hydrogens is 400 g/mol. The molecule has 9 nitrogen and oxygen atoms in total. The van der Waals surface area contributed by atoms with Crippen molar-refractivity contribution in [1.82, 2.24) is 21.3 Å². The summed E-state index contributed by atoms with van der Waals surface area (Å²) >= 11 is 0. The quantitative estimate of drug-likeness (QED) is 0.367. The van der Waals surface area contributed by atoms with Gasteiger partial charge in [0.15, 0.2) is 0 Å². The Bertz CT molecular complexity index is 608. The van der Waals surface area contributed by atoms with E-state index in [1.807, 2.05) is 13.8 Å². The van der Waals surface area contributed by atoms with Crippen molar-refractivity contribution in [3.63, 3.8) is 0 Å². The van der Waals surface area contributed by atoms with Gasteiger partial charge in [0.05, 0.1) is 13.1 Å². The number of hydrogen-bond donors (Lipinski definition) is 4. The third kappa shape index (κ3) is 8.03. The maximum absolute atomic E-state index is 12.4. The number of ether oxygens (including phenoxy) is 1. The van der Waals surface area contributed by atoms with Crippen LogP contribution in [0.25, 0.3) is 0 Å². The summed E-state index contributed by atoms with van der Waals surface area (Å²) in [7, 11) is 0. The van der Waals surface area contributed by atoms with Gasteiger partial charge in [-0.3, -0.25) is 14.4 Å². The molecule has 0 atom stereocenters. The highest BCUT2D eigenvalue weighted by molar-refractivity contribution is 5.89. The van der Waals surface area contributed by atoms with E-state index in [0.29, 0.717) is 6.54 Å². The van der Waals surface area contributed by atoms with Gasteiger partial charge in [0.1, 0.15) is 12.1 Å². The summed E-state index contributed by atoms with van der Waals surface area (Å²) in [4.78, 5) is 47.3. The molecule has 0 aromatic heterocycles. The summed E-state index contributed by atoms with van der Waals surface area (Å²) in [5, 5.41) is 9.77. The van der Waals surface area contributed by atoms with Crippen molar-refractivity contribution in [2.75, 3.05) is 26.2 Å². The molecule has 9 heteroatoms. The van der Waals surface area contributed by atoms with Crippen LogP contribution in [0, 0.1) is 23.2 Å². The van der Waals surface area contributed by atoms with Gasteiger partial charge in [0, 0.05) is 12.0 Å². The van der Waals surface area contributed by atoms with Crippen molar-refractivity contribution in [2.45, 2.75) is 67.9 Å². The predicted octanol–water partition coefficient (Wildman–Crippen LogP) is 1.81. The molecule has 0 radical (unpaired) electrons. The maximum atomic E-state index is 12.4. The molecule has 31 heavy (non-hydrogen) atoms. The fourth-order valence-corrected chi connectivity index (χ4v) is 5.34. The molecule has 0 aliphatic carbocycles. The van der Waals surface area contributed by atoms with E-state index >= 15 is 0 Å². The molecule has 0 spiro atoms. The van der Waals surface area contributed by atoms with E-state index in [4.69, 9.17) is 4.74 Å². The standard InChI is InChI=1S/C22H42N4O5/c1-10-23-17(27)11-24-18(28)12-25-19(29)13-26-20(30)31-21(8,9)22(14(2)3,15(4)5)16(6)7/h14-16H,10-13H2,1-9H3,(H,23,27)(H,24,28)(H,25,29)(H,26,30). The van der Waals surface area contributed by atoms with E-state index in [9.17, 15) is 19.2 Å². The average Bonchev–Trinajstić information content (AvgIpc) is 2.61. The molecular formula is C22H42N4O5. The number of carbonyl (C=O) groups is 4. The molecule has 4 N–H and O–H groups in total. The minimum atomic E-state index is -0.775. The Labute approximate surface area is 186 Å². The average molecular weight is 443 g/mol. The maximum Gasteiger partial charge on any atom is 0.408 e. The summed E-state index contributed by atoms with van der Waals surface area (Å²) in [5.74, 6) is -0.566. The van der Waals surface area contributed by atoms with Gasteiger partial charge in [-0.2, -0.15) is 0 Å². The van der Waals surface area contributed by atoms with Crippen molar-refractivity contribution in [3.05, 3.63) is 0 Å². The van der Waals surface area contributed by atoms with Crippen LogP contribution in [0.1, 0.15) is 62.3 Å². The van der Waals surface area contributed by atoms with Crippen LogP contribution in [0.15, 0.2) is 0 Å². The predicted molar refractivity (Wildman–Crippen MR) is 120 cm³/mol. The lowest BCUT2D eigenvalue weighted by Crippen LogP contribution is -2.57. The first kappa shape index (κ1) is 28.7. The Morgan fingerprint density at radius 2 is 1.03 bits per heavy atom. The Balaban J connectivity index is 4.71. The zero-order chi connectivity index (χ0) is 24.4. The molecule has 0 fully saturated rings. The molecule has 0 aromatic rings. The van der Waals surface area contributed by atoms with Crippen LogP contribution >= 0.6 is 0 Å². The van der Waals surface area contributed by atoms with Crippen molar-refractivity contribution in [2.24, 2.45) is 23.2 Å². The van der Waals surface area contributed by atoms with Crippen molar-refractivity contribution < 1.29 is 23.9 Å². The third-order valence-electron chi connectivity index (χ3n) is 5.92. The van der Waals surface area contributed by atoms with E-state index in [0.717, 1.165) is 0 Å². The molecule has 0 aliphatic rings. The topological polar surface area (TPSA) is 126 Å². The second-order valence-corrected chi connectivity index (χ2v) is 9.16. The molecule has 0 rings (SSSR count). The van der Waals surface area contributed by atoms with Gasteiger partial charge in [-0.05, 0) is 38.5 Å². The van der Waals surface area contributed by atoms with Crippen LogP contribution in [0.4, 0.5) is 4.79 Å². The van der Waals surface area contributed by atoms with Crippen LogP contribution in [-0.4, -0.2) is 55.6 Å². The number of nitrogens with one attached hydrogen (secondary N) is 4. The van der Waals surface area contributed by atoms with Crippen molar-refractivity contribution in [3.8, 4) is 0 Å². The van der Waals surface area contributed by atoms with E-state index in [2.05, 4.69) is 62.8 Å². The first-order valence-electron chi connectivity index (χ1n) is 11.0. The first-order chi connectivity index (χ1) is 14.2. The molecule has 0 aliphatic heterocycles. The van der Waals surface area contributed by atoms with Crippen LogP contribution in [0.3, 0.4) is 0 Å². The summed E-state index contributed by atoms with van der Waals surface area (Å²) < 4.78 is 5.80. The largest absolute Gasteiger partial charge is 0.443 e. The molecule has 0 saturated carbocycles. The van der Waals surface area contributed by atoms with Crippen LogP contribution in [0.5, 0.6) is 0 Å². The fourth-order valence-electron chi connectivity index (χ4n) is 5.34. The molecule has 180 valence electrons. The molecule has 0 aromatic carbocycles. The number of carbonyl (C=O) groups excluding carboxylic acids is 4. The van der Waals surface area contributed by atoms with Crippen LogP contribution < -0.4 is 21.3 Å². The molecule has 0 heterocycles. The fraction of sp³-hybridized carbons (Fsp3) is 0.818. The van der Waals surface area contributed by atoms with E-state index in [1.165, 1.54) is 0 Å². The highest BCUT2D eigenvalue weighted by atomic mass is 16.6. The van der Waals surface area contributed by atoms with E-state index in [1.54, 1.807) is 6.92 Å². The minimum absolute atomic E-state index is 0.161. The van der Waals surface area contributed by atoms with E-state index in [-0.39, 0.29) is 48.7 Å². The van der Waals surface area contributed by atoms with Crippen LogP contribution in [-0.2, 0) is 19.1 Å². The zero-order valence-corrected chi connectivity index (χ0v) is 20.6. The highest BCUT2D eigenvalue weighted by Gasteiger charge is 2.54. The molecule has 0 bridgehead atoms. The van der Waals surface area contributed by atoms with Gasteiger partial charge >= 0.3 is 6.09 Å². The summed E-state index contributed by atoms with van der Waals surface area (Å²) in [6.07, 6.45) is -0.688. The van der Waals surface area contributed by atoms with Gasteiger partial charge in [-0.15, -0.1) is 0 Å². The second kappa shape index (κ2) is 12.5. The van der Waals surface area contributed by atoms with Crippen molar-refractivity contribution in [1.29, 1.82) is 0 Å². The van der Waals surface area contributed by atoms with Crippen molar-refractivity contribution >= 4 is 23.8 Å². The number of amides is 4. The van der Waals surface area contributed by atoms with Gasteiger partial charge in [-0.1, -0.05) is 41.5 Å². The smallest absolute Gasteiger partial charge is 0.408 e. The molecule has 0 saturated heterocycles. The lowest BCUT2D eigenvalue weighted by molar-refractivity contribution is -0.143. The summed E-state index contributed by atoms with van der Waals surface area (Å²) in [6.45, 7) is 18.1. The summed E-state index contributed by atoms with van der Waals surface area (Å²) in [6, 6.07) is 0. The van der Waals surface area contributed by atoms with Gasteiger partial charge < -0.3 is 26.0 Å². The first-order valence-corrected chi connectivity index (χ1v) is 11.0. The minimum Gasteiger partial charge on any atom is -0.443 e. The SMILES string of the molecule is CCNC(=O)CNC(=O)CNC(=O)CNC(=O)OC(C)(C)C(C(C)C)(C(C)C)C(C)C. The number of alkyl carbamates (subject to hydrolysis) is 1. The second-order valence-electron chi connectivity index (χ2n) is 9.16. The lowest BCUT2D eigenvalue weighted by Gasteiger charge is -2.54. The number of likely N-dealkylation sites (N-methyl/N-ethyl adjacent to an activating group) is 1. The normalized spacial score (nSPS) is 12.0. The van der Waals surface area contributed by atoms with E-state index < -0.39 is 23.5 Å². The monoisotopic (exact) mass is 442 g/mol. The Kier molecular flexibility index (Phi) is 11.6. The van der Waals surface area contributed by atoms with Crippen LogP contribution in [0.2, 0.25) is 0 Å². The zero-order valence-electron chi connectivity index (χ0n) is 20.6. The van der Waals surface area contributed by atoms with Gasteiger partial charge in [0.25, 0.3) is 0 Å². The van der Waals surface area contributed by atoms with Gasteiger partial charge in [-0.25, -0.2) is 4.79 Å². The Hall–Kier alpha value is -2.32. The Morgan fingerprint density at radius 3 is 1.39 bits per heavy atom. The number of rotatable bonds is 12.